The predicted molar refractivity (Wildman–Crippen MR) is 99.5 cm³/mol. The Kier molecular flexibility index (Phi) is 4.08. The first-order chi connectivity index (χ1) is 11.8. The molecule has 1 aromatic heterocycles. The molecule has 1 saturated carbocycles. The average molecular weight is 359 g/mol. The van der Waals surface area contributed by atoms with Gasteiger partial charge in [-0.25, -0.2) is 0 Å². The minimum absolute atomic E-state index is 0. The number of anilines is 1. The summed E-state index contributed by atoms with van der Waals surface area (Å²) in [5.41, 5.74) is 5.38. The zero-order valence-electron chi connectivity index (χ0n) is 14.2. The van der Waals surface area contributed by atoms with Crippen molar-refractivity contribution in [2.75, 3.05) is 18.0 Å². The van der Waals surface area contributed by atoms with Gasteiger partial charge in [0.1, 0.15) is 0 Å². The van der Waals surface area contributed by atoms with Crippen LogP contribution >= 0.6 is 12.4 Å². The van der Waals surface area contributed by atoms with Crippen LogP contribution in [-0.2, 0) is 18.4 Å². The van der Waals surface area contributed by atoms with Gasteiger partial charge in [0.2, 0.25) is 0 Å². The van der Waals surface area contributed by atoms with E-state index in [1.165, 1.54) is 31.2 Å². The number of hydrogen-bond acceptors (Lipinski definition) is 3. The van der Waals surface area contributed by atoms with Gasteiger partial charge in [-0.1, -0.05) is 31.0 Å². The highest BCUT2D eigenvalue weighted by atomic mass is 35.5. The molecule has 25 heavy (non-hydrogen) atoms. The Labute approximate surface area is 153 Å². The van der Waals surface area contributed by atoms with Gasteiger partial charge in [0, 0.05) is 48.4 Å². The van der Waals surface area contributed by atoms with E-state index in [0.29, 0.717) is 5.69 Å². The van der Waals surface area contributed by atoms with Crippen LogP contribution in [0.4, 0.5) is 5.69 Å². The summed E-state index contributed by atoms with van der Waals surface area (Å²) in [5.74, 6) is 0.0485. The van der Waals surface area contributed by atoms with E-state index in [1.807, 2.05) is 11.0 Å². The number of fused-ring (bicyclic) bond motifs is 3. The number of rotatable bonds is 1. The van der Waals surface area contributed by atoms with Gasteiger partial charge >= 0.3 is 0 Å². The normalized spacial score (nSPS) is 20.2. The molecule has 1 aliphatic carbocycles. The van der Waals surface area contributed by atoms with Gasteiger partial charge in [-0.2, -0.15) is 5.10 Å². The topological polar surface area (TPSA) is 61.0 Å². The van der Waals surface area contributed by atoms with Crippen LogP contribution in [0, 0.1) is 0 Å². The van der Waals surface area contributed by atoms with Crippen molar-refractivity contribution in [1.82, 2.24) is 15.5 Å². The quantitative estimate of drug-likeness (QED) is 0.824. The Balaban J connectivity index is 0.00000157. The van der Waals surface area contributed by atoms with E-state index in [1.54, 1.807) is 0 Å². The number of carbonyl (C=O) groups is 1. The Hall–Kier alpha value is -1.85. The predicted octanol–water partition coefficient (Wildman–Crippen LogP) is 2.95. The first kappa shape index (κ1) is 16.6. The highest BCUT2D eigenvalue weighted by molar-refractivity contribution is 6.07. The van der Waals surface area contributed by atoms with Crippen LogP contribution in [0.3, 0.4) is 0 Å². The van der Waals surface area contributed by atoms with Crippen molar-refractivity contribution in [3.8, 4) is 0 Å². The Morgan fingerprint density at radius 3 is 2.84 bits per heavy atom. The summed E-state index contributed by atoms with van der Waals surface area (Å²) in [4.78, 5) is 15.3. The molecule has 5 rings (SSSR count). The van der Waals surface area contributed by atoms with Gasteiger partial charge in [0.05, 0.1) is 0 Å². The highest BCUT2D eigenvalue weighted by Crippen LogP contribution is 2.50. The number of halogens is 1. The van der Waals surface area contributed by atoms with Crippen molar-refractivity contribution >= 4 is 24.0 Å². The van der Waals surface area contributed by atoms with Crippen molar-refractivity contribution in [2.24, 2.45) is 0 Å². The van der Waals surface area contributed by atoms with Crippen LogP contribution < -0.4 is 10.2 Å². The first-order valence-electron chi connectivity index (χ1n) is 8.97. The monoisotopic (exact) mass is 358 g/mol. The molecule has 0 saturated heterocycles. The van der Waals surface area contributed by atoms with E-state index < -0.39 is 0 Å². The summed E-state index contributed by atoms with van der Waals surface area (Å²) in [5, 5.41) is 10.8. The fraction of sp³-hybridized carbons (Fsp3) is 0.474. The maximum Gasteiger partial charge on any atom is 0.279 e. The summed E-state index contributed by atoms with van der Waals surface area (Å²) in [7, 11) is 0. The number of para-hydroxylation sites is 1. The zero-order valence-corrected chi connectivity index (χ0v) is 15.0. The zero-order chi connectivity index (χ0) is 16.1. The number of nitrogens with one attached hydrogen (secondary N) is 2. The van der Waals surface area contributed by atoms with Gasteiger partial charge in [-0.3, -0.25) is 9.89 Å². The molecular formula is C19H23ClN4O. The molecule has 0 bridgehead atoms. The number of amides is 1. The molecule has 3 heterocycles. The van der Waals surface area contributed by atoms with Crippen LogP contribution in [0.1, 0.15) is 53.0 Å². The summed E-state index contributed by atoms with van der Waals surface area (Å²) >= 11 is 0. The standard InChI is InChI=1S/C19H22N4O.ClH/c24-18(17-13-11-20-10-7-15(13)21-22-17)23-12-19(8-3-4-9-19)14-5-1-2-6-16(14)23;/h1-2,5-6,20H,3-4,7-12H2,(H,21,22);1H. The van der Waals surface area contributed by atoms with Crippen LogP contribution in [0.25, 0.3) is 0 Å². The molecule has 5 nitrogen and oxygen atoms in total. The minimum atomic E-state index is 0. The molecule has 1 fully saturated rings. The largest absolute Gasteiger partial charge is 0.312 e. The number of hydrogen-bond donors (Lipinski definition) is 2. The van der Waals surface area contributed by atoms with E-state index in [9.17, 15) is 4.79 Å². The number of aromatic nitrogens is 2. The Morgan fingerprint density at radius 2 is 2.00 bits per heavy atom. The van der Waals surface area contributed by atoms with Gasteiger partial charge in [0.15, 0.2) is 5.69 Å². The molecule has 1 amide bonds. The number of aromatic amines is 1. The van der Waals surface area contributed by atoms with Gasteiger partial charge in [-0.05, 0) is 24.5 Å². The first-order valence-corrected chi connectivity index (χ1v) is 8.97. The summed E-state index contributed by atoms with van der Waals surface area (Å²) < 4.78 is 0. The third kappa shape index (κ3) is 2.41. The summed E-state index contributed by atoms with van der Waals surface area (Å²) in [6.45, 7) is 2.48. The molecule has 2 N–H and O–H groups in total. The molecule has 2 aromatic rings. The molecule has 0 radical (unpaired) electrons. The summed E-state index contributed by atoms with van der Waals surface area (Å²) in [6.07, 6.45) is 5.81. The third-order valence-electron chi connectivity index (χ3n) is 6.04. The van der Waals surface area contributed by atoms with E-state index >= 15 is 0 Å². The lowest BCUT2D eigenvalue weighted by molar-refractivity contribution is 0.0979. The van der Waals surface area contributed by atoms with Crippen molar-refractivity contribution < 1.29 is 4.79 Å². The number of H-pyrrole nitrogens is 1. The number of carbonyl (C=O) groups excluding carboxylic acids is 1. The average Bonchev–Trinajstić information content (AvgIpc) is 3.34. The molecule has 2 aliphatic heterocycles. The maximum absolute atomic E-state index is 13.3. The van der Waals surface area contributed by atoms with E-state index in [0.717, 1.165) is 43.0 Å². The second-order valence-corrected chi connectivity index (χ2v) is 7.35. The SMILES string of the molecule is Cl.O=C(c1n[nH]c2c1CNCC2)N1CC2(CCCC2)c2ccccc21. The molecule has 0 unspecified atom stereocenters. The third-order valence-corrected chi connectivity index (χ3v) is 6.04. The fourth-order valence-electron chi connectivity index (χ4n) is 4.82. The Bertz CT molecular complexity index is 810. The van der Waals surface area contributed by atoms with E-state index in [-0.39, 0.29) is 23.7 Å². The van der Waals surface area contributed by atoms with Gasteiger partial charge < -0.3 is 10.2 Å². The van der Waals surface area contributed by atoms with E-state index in [2.05, 4.69) is 33.7 Å². The second kappa shape index (κ2) is 6.15. The summed E-state index contributed by atoms with van der Waals surface area (Å²) in [6, 6.07) is 8.45. The lowest BCUT2D eigenvalue weighted by Gasteiger charge is -2.24. The lowest BCUT2D eigenvalue weighted by atomic mass is 9.81. The van der Waals surface area contributed by atoms with Crippen LogP contribution in [0.2, 0.25) is 0 Å². The van der Waals surface area contributed by atoms with Crippen molar-refractivity contribution in [1.29, 1.82) is 0 Å². The van der Waals surface area contributed by atoms with Gasteiger partial charge in [-0.15, -0.1) is 12.4 Å². The molecule has 0 atom stereocenters. The second-order valence-electron chi connectivity index (χ2n) is 7.35. The molecule has 6 heteroatoms. The molecule has 1 aromatic carbocycles. The highest BCUT2D eigenvalue weighted by Gasteiger charge is 2.46. The van der Waals surface area contributed by atoms with Crippen molar-refractivity contribution in [3.05, 3.63) is 46.8 Å². The minimum Gasteiger partial charge on any atom is -0.312 e. The van der Waals surface area contributed by atoms with Crippen LogP contribution in [0.5, 0.6) is 0 Å². The fourth-order valence-corrected chi connectivity index (χ4v) is 4.82. The molecule has 3 aliphatic rings. The van der Waals surface area contributed by atoms with Crippen LogP contribution in [-0.4, -0.2) is 29.2 Å². The van der Waals surface area contributed by atoms with Crippen molar-refractivity contribution in [2.45, 2.75) is 44.1 Å². The number of benzene rings is 1. The molecule has 132 valence electrons. The van der Waals surface area contributed by atoms with Crippen molar-refractivity contribution in [3.63, 3.8) is 0 Å². The maximum atomic E-state index is 13.3. The van der Waals surface area contributed by atoms with E-state index in [4.69, 9.17) is 0 Å². The Morgan fingerprint density at radius 1 is 1.20 bits per heavy atom. The molecular weight excluding hydrogens is 336 g/mol. The lowest BCUT2D eigenvalue weighted by Crippen LogP contribution is -2.36. The van der Waals surface area contributed by atoms with Gasteiger partial charge in [0.25, 0.3) is 5.91 Å². The number of nitrogens with zero attached hydrogens (tertiary/aromatic N) is 2. The van der Waals surface area contributed by atoms with Crippen LogP contribution in [0.15, 0.2) is 24.3 Å². The molecule has 1 spiro atoms. The smallest absolute Gasteiger partial charge is 0.279 e.